The first-order valence-electron chi connectivity index (χ1n) is 14.9. The molecular formula is C34H39N7OS. The summed E-state index contributed by atoms with van der Waals surface area (Å²) in [7, 11) is 1.74. The van der Waals surface area contributed by atoms with Gasteiger partial charge in [0.2, 0.25) is 0 Å². The van der Waals surface area contributed by atoms with Crippen molar-refractivity contribution in [2.45, 2.75) is 32.6 Å². The van der Waals surface area contributed by atoms with Crippen LogP contribution in [-0.4, -0.2) is 40.6 Å². The maximum atomic E-state index is 13.1. The zero-order valence-electron chi connectivity index (χ0n) is 24.9. The molecule has 0 radical (unpaired) electrons. The Bertz CT molecular complexity index is 1740. The van der Waals surface area contributed by atoms with Crippen LogP contribution < -0.4 is 27.2 Å². The Morgan fingerprint density at radius 2 is 1.88 bits per heavy atom. The minimum atomic E-state index is -0.224. The van der Waals surface area contributed by atoms with Crippen molar-refractivity contribution < 1.29 is 0 Å². The lowest BCUT2D eigenvalue weighted by Gasteiger charge is -2.31. The molecule has 1 aliphatic carbocycles. The van der Waals surface area contributed by atoms with Crippen molar-refractivity contribution in [1.29, 1.82) is 0 Å². The second kappa shape index (κ2) is 12.1. The lowest BCUT2D eigenvalue weighted by molar-refractivity contribution is 0.341. The minimum absolute atomic E-state index is 0.224. The van der Waals surface area contributed by atoms with Crippen LogP contribution in [0.4, 0.5) is 22.9 Å². The average Bonchev–Trinajstić information content (AvgIpc) is 3.45. The van der Waals surface area contributed by atoms with Crippen molar-refractivity contribution in [1.82, 2.24) is 19.8 Å². The van der Waals surface area contributed by atoms with Crippen molar-refractivity contribution in [3.8, 4) is 11.3 Å². The van der Waals surface area contributed by atoms with Gasteiger partial charge in [-0.15, -0.1) is 11.3 Å². The zero-order valence-corrected chi connectivity index (χ0v) is 25.7. The van der Waals surface area contributed by atoms with Crippen LogP contribution in [0, 0.1) is 6.92 Å². The SMILES string of the molecule is C=C(Nc1cccc(-c2cn(C)c(=O)c(Nc3ccc(C(=C)N4CCNCC4)c(N)c3)n2)c1C)c1cc2c(s1)CCCC2. The van der Waals surface area contributed by atoms with Crippen LogP contribution in [0.25, 0.3) is 22.7 Å². The van der Waals surface area contributed by atoms with Crippen LogP contribution in [0.5, 0.6) is 0 Å². The number of benzene rings is 2. The van der Waals surface area contributed by atoms with Crippen molar-refractivity contribution in [2.75, 3.05) is 42.5 Å². The summed E-state index contributed by atoms with van der Waals surface area (Å²) in [6.07, 6.45) is 6.63. The number of hydrogen-bond donors (Lipinski definition) is 4. The first-order chi connectivity index (χ1) is 20.8. The van der Waals surface area contributed by atoms with Gasteiger partial charge < -0.3 is 31.2 Å². The predicted octanol–water partition coefficient (Wildman–Crippen LogP) is 5.98. The van der Waals surface area contributed by atoms with E-state index in [0.717, 1.165) is 66.4 Å². The molecule has 3 heterocycles. The van der Waals surface area contributed by atoms with E-state index < -0.39 is 0 Å². The molecule has 2 aromatic carbocycles. The van der Waals surface area contributed by atoms with Crippen LogP contribution in [0.2, 0.25) is 0 Å². The van der Waals surface area contributed by atoms with Gasteiger partial charge in [0.05, 0.1) is 10.6 Å². The molecule has 0 unspecified atom stereocenters. The van der Waals surface area contributed by atoms with Gasteiger partial charge in [-0.2, -0.15) is 0 Å². The highest BCUT2D eigenvalue weighted by molar-refractivity contribution is 7.13. The van der Waals surface area contributed by atoms with Gasteiger partial charge in [0.25, 0.3) is 5.56 Å². The molecule has 5 N–H and O–H groups in total. The quantitative estimate of drug-likeness (QED) is 0.187. The molecule has 0 spiro atoms. The fourth-order valence-corrected chi connectivity index (χ4v) is 7.05. The summed E-state index contributed by atoms with van der Waals surface area (Å²) in [5, 5.41) is 10.1. The smallest absolute Gasteiger partial charge is 0.293 e. The third-order valence-electron chi connectivity index (χ3n) is 8.38. The lowest BCUT2D eigenvalue weighted by atomic mass is 9.99. The van der Waals surface area contributed by atoms with Gasteiger partial charge in [0.1, 0.15) is 0 Å². The van der Waals surface area contributed by atoms with Crippen molar-refractivity contribution in [3.05, 3.63) is 98.6 Å². The Kier molecular flexibility index (Phi) is 8.10. The van der Waals surface area contributed by atoms with Gasteiger partial charge >= 0.3 is 0 Å². The van der Waals surface area contributed by atoms with E-state index in [0.29, 0.717) is 17.1 Å². The molecule has 1 fully saturated rings. The largest absolute Gasteiger partial charge is 0.398 e. The summed E-state index contributed by atoms with van der Waals surface area (Å²) < 4.78 is 1.56. The molecule has 2 aliphatic rings. The number of rotatable bonds is 8. The monoisotopic (exact) mass is 593 g/mol. The highest BCUT2D eigenvalue weighted by Crippen LogP contribution is 2.35. The summed E-state index contributed by atoms with van der Waals surface area (Å²) >= 11 is 1.85. The number of nitrogens with two attached hydrogens (primary N) is 1. The Morgan fingerprint density at radius 3 is 2.65 bits per heavy atom. The first-order valence-corrected chi connectivity index (χ1v) is 15.7. The van der Waals surface area contributed by atoms with Crippen LogP contribution in [0.3, 0.4) is 0 Å². The van der Waals surface area contributed by atoms with Crippen molar-refractivity contribution >= 4 is 45.6 Å². The van der Waals surface area contributed by atoms with Crippen LogP contribution in [0.15, 0.2) is 66.6 Å². The number of nitrogen functional groups attached to an aromatic ring is 1. The number of aryl methyl sites for hydroxylation is 3. The van der Waals surface area contributed by atoms with Gasteiger partial charge in [-0.3, -0.25) is 4.79 Å². The van der Waals surface area contributed by atoms with Gasteiger partial charge in [-0.1, -0.05) is 25.3 Å². The molecule has 9 heteroatoms. The number of thiophene rings is 1. The Balaban J connectivity index is 1.24. The molecule has 6 rings (SSSR count). The third kappa shape index (κ3) is 5.96. The molecule has 43 heavy (non-hydrogen) atoms. The average molecular weight is 594 g/mol. The van der Waals surface area contributed by atoms with Crippen LogP contribution in [-0.2, 0) is 19.9 Å². The summed E-state index contributed by atoms with van der Waals surface area (Å²) in [4.78, 5) is 22.8. The second-order valence-corrected chi connectivity index (χ2v) is 12.5. The molecule has 2 aromatic heterocycles. The van der Waals surface area contributed by atoms with E-state index in [1.54, 1.807) is 17.8 Å². The minimum Gasteiger partial charge on any atom is -0.398 e. The summed E-state index contributed by atoms with van der Waals surface area (Å²) in [5.74, 6) is 0.236. The van der Waals surface area contributed by atoms with Crippen LogP contribution in [0.1, 0.15) is 39.3 Å². The molecule has 0 bridgehead atoms. The number of piperazine rings is 1. The van der Waals surface area contributed by atoms with E-state index in [9.17, 15) is 4.79 Å². The van der Waals surface area contributed by atoms with E-state index in [4.69, 9.17) is 10.7 Å². The molecule has 4 aromatic rings. The van der Waals surface area contributed by atoms with Crippen LogP contribution >= 0.6 is 11.3 Å². The van der Waals surface area contributed by atoms with E-state index in [1.807, 2.05) is 41.7 Å². The molecule has 8 nitrogen and oxygen atoms in total. The fraction of sp³-hybridized carbons (Fsp3) is 0.294. The Labute approximate surface area is 257 Å². The highest BCUT2D eigenvalue weighted by Gasteiger charge is 2.18. The van der Waals surface area contributed by atoms with Gasteiger partial charge in [-0.25, -0.2) is 4.98 Å². The van der Waals surface area contributed by atoms with E-state index >= 15 is 0 Å². The molecule has 222 valence electrons. The third-order valence-corrected chi connectivity index (χ3v) is 9.68. The number of hydrogen-bond acceptors (Lipinski definition) is 8. The molecule has 0 saturated carbocycles. The van der Waals surface area contributed by atoms with Gasteiger partial charge in [0, 0.05) is 83.9 Å². The van der Waals surface area contributed by atoms with E-state index in [2.05, 4.69) is 53.1 Å². The highest BCUT2D eigenvalue weighted by atomic mass is 32.1. The molecule has 0 amide bonds. The second-order valence-electron chi connectivity index (χ2n) is 11.3. The zero-order chi connectivity index (χ0) is 30.1. The van der Waals surface area contributed by atoms with Gasteiger partial charge in [-0.05, 0) is 74.1 Å². The lowest BCUT2D eigenvalue weighted by Crippen LogP contribution is -2.42. The standard InChI is InChI=1S/C34H39N7OS/c1-21-26(9-7-10-29(21)37-22(2)32-18-24-8-5-6-11-31(24)43-32)30-20-40(4)34(42)33(39-30)38-25-12-13-27(28(35)19-25)23(3)41-16-14-36-15-17-41/h7,9-10,12-13,18-20,36-37H,2-3,5-6,8,11,14-17,35H2,1,4H3,(H,38,39). The summed E-state index contributed by atoms with van der Waals surface area (Å²) in [5.41, 5.74) is 15.3. The first kappa shape index (κ1) is 28.8. The van der Waals surface area contributed by atoms with Crippen molar-refractivity contribution in [2.24, 2.45) is 7.05 Å². The normalized spacial score (nSPS) is 14.7. The maximum absolute atomic E-state index is 13.1. The number of nitrogens with zero attached hydrogens (tertiary/aromatic N) is 3. The molecule has 1 aliphatic heterocycles. The fourth-order valence-electron chi connectivity index (χ4n) is 5.87. The topological polar surface area (TPSA) is 100 Å². The molecule has 1 saturated heterocycles. The van der Waals surface area contributed by atoms with E-state index in [-0.39, 0.29) is 11.4 Å². The number of anilines is 4. The Hall–Kier alpha value is -4.34. The number of nitrogens with one attached hydrogen (secondary N) is 3. The van der Waals surface area contributed by atoms with E-state index in [1.165, 1.54) is 34.6 Å². The Morgan fingerprint density at radius 1 is 1.09 bits per heavy atom. The van der Waals surface area contributed by atoms with Gasteiger partial charge in [0.15, 0.2) is 5.82 Å². The maximum Gasteiger partial charge on any atom is 0.293 e. The summed E-state index contributed by atoms with van der Waals surface area (Å²) in [6, 6.07) is 14.1. The predicted molar refractivity (Wildman–Crippen MR) is 181 cm³/mol. The summed E-state index contributed by atoms with van der Waals surface area (Å²) in [6.45, 7) is 14.3. The number of aromatic nitrogens is 2. The van der Waals surface area contributed by atoms with Crippen molar-refractivity contribution in [3.63, 3.8) is 0 Å². The molecule has 0 atom stereocenters. The number of fused-ring (bicyclic) bond motifs is 1. The molecular weight excluding hydrogens is 554 g/mol.